The van der Waals surface area contributed by atoms with Crippen LogP contribution in [0.3, 0.4) is 0 Å². The number of nitrogens with zero attached hydrogens (tertiary/aromatic N) is 3. The van der Waals surface area contributed by atoms with Crippen LogP contribution in [0, 0.1) is 6.92 Å². The lowest BCUT2D eigenvalue weighted by atomic mass is 10.3. The topological polar surface area (TPSA) is 39.8 Å². The minimum atomic E-state index is 0.00691. The summed E-state index contributed by atoms with van der Waals surface area (Å²) >= 11 is 3.42. The quantitative estimate of drug-likeness (QED) is 0.732. The van der Waals surface area contributed by atoms with E-state index in [0.29, 0.717) is 12.1 Å². The molecule has 0 saturated heterocycles. The number of hydrogen-bond acceptors (Lipinski definition) is 2. The summed E-state index contributed by atoms with van der Waals surface area (Å²) in [6, 6.07) is 13.6. The standard InChI is InChI=1S/C16H14BrN3O/c1-12-9-13(17)10-19(16(12)21)11-14-7-8-20(18-14)15-5-3-2-4-6-15/h2-10H,11H2,1H3. The van der Waals surface area contributed by atoms with Crippen LogP contribution >= 0.6 is 15.9 Å². The molecule has 21 heavy (non-hydrogen) atoms. The van der Waals surface area contributed by atoms with Crippen LogP contribution in [0.5, 0.6) is 0 Å². The van der Waals surface area contributed by atoms with E-state index in [-0.39, 0.29) is 5.56 Å². The van der Waals surface area contributed by atoms with Gasteiger partial charge in [0, 0.05) is 22.4 Å². The molecule has 106 valence electrons. The summed E-state index contributed by atoms with van der Waals surface area (Å²) in [6.07, 6.45) is 3.69. The predicted molar refractivity (Wildman–Crippen MR) is 85.8 cm³/mol. The molecule has 0 spiro atoms. The molecule has 0 aliphatic carbocycles. The molecule has 2 heterocycles. The van der Waals surface area contributed by atoms with E-state index < -0.39 is 0 Å². The minimum Gasteiger partial charge on any atom is -0.308 e. The Labute approximate surface area is 130 Å². The summed E-state index contributed by atoms with van der Waals surface area (Å²) in [5.74, 6) is 0. The van der Waals surface area contributed by atoms with E-state index in [2.05, 4.69) is 21.0 Å². The van der Waals surface area contributed by atoms with Gasteiger partial charge in [-0.05, 0) is 47.1 Å². The Morgan fingerprint density at radius 3 is 2.71 bits per heavy atom. The largest absolute Gasteiger partial charge is 0.308 e. The fourth-order valence-corrected chi connectivity index (χ4v) is 2.79. The minimum absolute atomic E-state index is 0.00691. The van der Waals surface area contributed by atoms with Crippen molar-refractivity contribution in [2.75, 3.05) is 0 Å². The third kappa shape index (κ3) is 2.97. The van der Waals surface area contributed by atoms with Gasteiger partial charge in [0.05, 0.1) is 17.9 Å². The molecule has 0 saturated carbocycles. The van der Waals surface area contributed by atoms with E-state index >= 15 is 0 Å². The molecule has 0 amide bonds. The van der Waals surface area contributed by atoms with Crippen molar-refractivity contribution in [1.82, 2.24) is 14.3 Å². The van der Waals surface area contributed by atoms with Gasteiger partial charge in [-0.25, -0.2) is 4.68 Å². The SMILES string of the molecule is Cc1cc(Br)cn(Cc2ccn(-c3ccccc3)n2)c1=O. The van der Waals surface area contributed by atoms with Crippen molar-refractivity contribution in [3.63, 3.8) is 0 Å². The van der Waals surface area contributed by atoms with E-state index in [1.807, 2.05) is 60.3 Å². The van der Waals surface area contributed by atoms with E-state index in [4.69, 9.17) is 0 Å². The van der Waals surface area contributed by atoms with Crippen molar-refractivity contribution in [3.05, 3.63) is 80.9 Å². The zero-order chi connectivity index (χ0) is 14.8. The summed E-state index contributed by atoms with van der Waals surface area (Å²) in [7, 11) is 0. The number of halogens is 1. The van der Waals surface area contributed by atoms with E-state index in [9.17, 15) is 4.79 Å². The maximum Gasteiger partial charge on any atom is 0.253 e. The zero-order valence-corrected chi connectivity index (χ0v) is 13.1. The molecule has 5 heteroatoms. The molecule has 0 atom stereocenters. The zero-order valence-electron chi connectivity index (χ0n) is 11.5. The van der Waals surface area contributed by atoms with Gasteiger partial charge in [-0.2, -0.15) is 5.10 Å². The number of para-hydroxylation sites is 1. The maximum absolute atomic E-state index is 12.1. The van der Waals surface area contributed by atoms with Gasteiger partial charge in [0.2, 0.25) is 0 Å². The fourth-order valence-electron chi connectivity index (χ4n) is 2.20. The summed E-state index contributed by atoms with van der Waals surface area (Å²) in [4.78, 5) is 12.1. The van der Waals surface area contributed by atoms with Gasteiger partial charge < -0.3 is 4.57 Å². The molecule has 3 rings (SSSR count). The van der Waals surface area contributed by atoms with Gasteiger partial charge in [-0.3, -0.25) is 4.79 Å². The van der Waals surface area contributed by atoms with E-state index in [0.717, 1.165) is 15.9 Å². The number of hydrogen-bond donors (Lipinski definition) is 0. The highest BCUT2D eigenvalue weighted by molar-refractivity contribution is 9.10. The lowest BCUT2D eigenvalue weighted by Crippen LogP contribution is -2.22. The Bertz CT molecular complexity index is 821. The number of benzene rings is 1. The summed E-state index contributed by atoms with van der Waals surface area (Å²) in [6.45, 7) is 2.27. The van der Waals surface area contributed by atoms with Gasteiger partial charge in [-0.1, -0.05) is 18.2 Å². The normalized spacial score (nSPS) is 10.8. The lowest BCUT2D eigenvalue weighted by molar-refractivity contribution is 0.712. The van der Waals surface area contributed by atoms with Gasteiger partial charge in [0.15, 0.2) is 0 Å². The van der Waals surface area contributed by atoms with Crippen LogP contribution in [0.15, 0.2) is 64.1 Å². The number of rotatable bonds is 3. The molecule has 4 nitrogen and oxygen atoms in total. The molecule has 0 radical (unpaired) electrons. The molecule has 0 unspecified atom stereocenters. The van der Waals surface area contributed by atoms with Crippen molar-refractivity contribution in [1.29, 1.82) is 0 Å². The molecule has 1 aromatic carbocycles. The van der Waals surface area contributed by atoms with Crippen LogP contribution in [0.2, 0.25) is 0 Å². The Hall–Kier alpha value is -2.14. The average molecular weight is 344 g/mol. The molecule has 0 N–H and O–H groups in total. The highest BCUT2D eigenvalue weighted by Crippen LogP contribution is 2.11. The second-order valence-corrected chi connectivity index (χ2v) is 5.78. The summed E-state index contributed by atoms with van der Waals surface area (Å²) in [5, 5.41) is 4.52. The van der Waals surface area contributed by atoms with Crippen LogP contribution in [-0.2, 0) is 6.54 Å². The van der Waals surface area contributed by atoms with E-state index in [1.165, 1.54) is 0 Å². The molecule has 3 aromatic rings. The summed E-state index contributed by atoms with van der Waals surface area (Å²) in [5.41, 5.74) is 2.57. The molecular weight excluding hydrogens is 330 g/mol. The van der Waals surface area contributed by atoms with E-state index in [1.54, 1.807) is 10.8 Å². The van der Waals surface area contributed by atoms with Gasteiger partial charge >= 0.3 is 0 Å². The highest BCUT2D eigenvalue weighted by atomic mass is 79.9. The number of aromatic nitrogens is 3. The Kier molecular flexibility index (Phi) is 3.75. The van der Waals surface area contributed by atoms with Crippen molar-refractivity contribution in [3.8, 4) is 5.69 Å². The Morgan fingerprint density at radius 2 is 1.95 bits per heavy atom. The second-order valence-electron chi connectivity index (χ2n) is 4.86. The predicted octanol–water partition coefficient (Wildman–Crippen LogP) is 3.15. The maximum atomic E-state index is 12.1. The molecule has 0 aliphatic rings. The first-order valence-electron chi connectivity index (χ1n) is 6.60. The van der Waals surface area contributed by atoms with Gasteiger partial charge in [-0.15, -0.1) is 0 Å². The third-order valence-corrected chi connectivity index (χ3v) is 3.66. The molecule has 0 bridgehead atoms. The molecule has 2 aromatic heterocycles. The first-order chi connectivity index (χ1) is 10.1. The average Bonchev–Trinajstić information content (AvgIpc) is 2.94. The first kappa shape index (κ1) is 13.8. The Balaban J connectivity index is 1.90. The third-order valence-electron chi connectivity index (χ3n) is 3.23. The van der Waals surface area contributed by atoms with Gasteiger partial charge in [0.1, 0.15) is 0 Å². The van der Waals surface area contributed by atoms with Crippen LogP contribution in [0.4, 0.5) is 0 Å². The first-order valence-corrected chi connectivity index (χ1v) is 7.39. The van der Waals surface area contributed by atoms with Crippen LogP contribution in [0.1, 0.15) is 11.3 Å². The fraction of sp³-hybridized carbons (Fsp3) is 0.125. The smallest absolute Gasteiger partial charge is 0.253 e. The van der Waals surface area contributed by atoms with Gasteiger partial charge in [0.25, 0.3) is 5.56 Å². The van der Waals surface area contributed by atoms with Crippen LogP contribution < -0.4 is 5.56 Å². The molecule has 0 aliphatic heterocycles. The van der Waals surface area contributed by atoms with Crippen molar-refractivity contribution in [2.45, 2.75) is 13.5 Å². The number of aryl methyl sites for hydroxylation is 1. The summed E-state index contributed by atoms with van der Waals surface area (Å²) < 4.78 is 4.37. The van der Waals surface area contributed by atoms with Crippen molar-refractivity contribution >= 4 is 15.9 Å². The number of pyridine rings is 1. The van der Waals surface area contributed by atoms with Crippen molar-refractivity contribution in [2.24, 2.45) is 0 Å². The Morgan fingerprint density at radius 1 is 1.19 bits per heavy atom. The van der Waals surface area contributed by atoms with Crippen LogP contribution in [-0.4, -0.2) is 14.3 Å². The second kappa shape index (κ2) is 5.69. The highest BCUT2D eigenvalue weighted by Gasteiger charge is 2.06. The van der Waals surface area contributed by atoms with Crippen LogP contribution in [0.25, 0.3) is 5.69 Å². The molecular formula is C16H14BrN3O. The van der Waals surface area contributed by atoms with Crippen molar-refractivity contribution < 1.29 is 0 Å². The monoisotopic (exact) mass is 343 g/mol. The lowest BCUT2D eigenvalue weighted by Gasteiger charge is -2.06. The molecule has 0 fully saturated rings.